The van der Waals surface area contributed by atoms with Gasteiger partial charge in [0.05, 0.1) is 12.2 Å². The van der Waals surface area contributed by atoms with E-state index in [9.17, 15) is 9.18 Å². The van der Waals surface area contributed by atoms with E-state index in [0.29, 0.717) is 32.8 Å². The number of carbonyl (C=O) groups is 1. The smallest absolute Gasteiger partial charge is 0.257 e. The molecule has 0 saturated heterocycles. The number of nitrogens with one attached hydrogen (secondary N) is 1. The van der Waals surface area contributed by atoms with Gasteiger partial charge in [0.15, 0.2) is 11.6 Å². The predicted octanol–water partition coefficient (Wildman–Crippen LogP) is 2.15. The van der Waals surface area contributed by atoms with Crippen molar-refractivity contribution in [1.82, 2.24) is 9.88 Å². The van der Waals surface area contributed by atoms with Gasteiger partial charge in [0.2, 0.25) is 0 Å². The molecular formula is C14H22FN3O2. The second-order valence-corrected chi connectivity index (χ2v) is 4.13. The van der Waals surface area contributed by atoms with E-state index in [4.69, 9.17) is 4.74 Å². The van der Waals surface area contributed by atoms with Crippen molar-refractivity contribution in [2.45, 2.75) is 20.8 Å². The van der Waals surface area contributed by atoms with Crippen LogP contribution in [-0.4, -0.2) is 48.6 Å². The minimum absolute atomic E-state index is 0.0364. The van der Waals surface area contributed by atoms with Crippen LogP contribution in [0.25, 0.3) is 0 Å². The van der Waals surface area contributed by atoms with E-state index in [1.165, 1.54) is 12.3 Å². The number of ether oxygens (including phenoxy) is 1. The summed E-state index contributed by atoms with van der Waals surface area (Å²) < 4.78 is 19.4. The standard InChI is InChI=1S/C14H22FN3O2/c1-4-16-13-12(15)11(7-8-17-13)14(19)18(5-2)9-10-20-6-3/h7-8H,4-6,9-10H2,1-3H3,(H,16,17). The van der Waals surface area contributed by atoms with E-state index in [0.717, 1.165) is 0 Å². The molecule has 1 N–H and O–H groups in total. The lowest BCUT2D eigenvalue weighted by Gasteiger charge is -2.21. The van der Waals surface area contributed by atoms with Crippen molar-refractivity contribution in [3.63, 3.8) is 0 Å². The molecule has 0 spiro atoms. The number of hydrogen-bond acceptors (Lipinski definition) is 4. The second kappa shape index (κ2) is 8.47. The van der Waals surface area contributed by atoms with Crippen LogP contribution in [0, 0.1) is 5.82 Å². The monoisotopic (exact) mass is 283 g/mol. The van der Waals surface area contributed by atoms with Crippen molar-refractivity contribution in [3.8, 4) is 0 Å². The van der Waals surface area contributed by atoms with E-state index in [1.54, 1.807) is 4.90 Å². The highest BCUT2D eigenvalue weighted by molar-refractivity contribution is 5.95. The Morgan fingerprint density at radius 3 is 2.80 bits per heavy atom. The average Bonchev–Trinajstić information content (AvgIpc) is 2.45. The Bertz CT molecular complexity index is 440. The molecule has 1 aromatic rings. The zero-order valence-electron chi connectivity index (χ0n) is 12.3. The number of amides is 1. The summed E-state index contributed by atoms with van der Waals surface area (Å²) in [5.41, 5.74) is 0.0364. The van der Waals surface area contributed by atoms with E-state index in [2.05, 4.69) is 10.3 Å². The highest BCUT2D eigenvalue weighted by Crippen LogP contribution is 2.16. The minimum Gasteiger partial charge on any atom is -0.380 e. The van der Waals surface area contributed by atoms with E-state index >= 15 is 0 Å². The van der Waals surface area contributed by atoms with Crippen molar-refractivity contribution in [1.29, 1.82) is 0 Å². The summed E-state index contributed by atoms with van der Waals surface area (Å²) >= 11 is 0. The van der Waals surface area contributed by atoms with Crippen LogP contribution in [-0.2, 0) is 4.74 Å². The number of pyridine rings is 1. The molecule has 1 rings (SSSR count). The van der Waals surface area contributed by atoms with Gasteiger partial charge in [-0.2, -0.15) is 0 Å². The summed E-state index contributed by atoms with van der Waals surface area (Å²) in [6.45, 7) is 8.13. The lowest BCUT2D eigenvalue weighted by atomic mass is 10.2. The third-order valence-electron chi connectivity index (χ3n) is 2.84. The fourth-order valence-corrected chi connectivity index (χ4v) is 1.79. The number of hydrogen-bond donors (Lipinski definition) is 1. The highest BCUT2D eigenvalue weighted by atomic mass is 19.1. The van der Waals surface area contributed by atoms with E-state index in [1.807, 2.05) is 20.8 Å². The molecule has 20 heavy (non-hydrogen) atoms. The van der Waals surface area contributed by atoms with Crippen LogP contribution in [0.15, 0.2) is 12.3 Å². The number of aromatic nitrogens is 1. The molecule has 0 aliphatic rings. The first-order valence-electron chi connectivity index (χ1n) is 6.91. The summed E-state index contributed by atoms with van der Waals surface area (Å²) in [7, 11) is 0. The van der Waals surface area contributed by atoms with Crippen LogP contribution in [0.1, 0.15) is 31.1 Å². The molecule has 0 aliphatic heterocycles. The normalized spacial score (nSPS) is 10.4. The van der Waals surface area contributed by atoms with Gasteiger partial charge in [-0.1, -0.05) is 0 Å². The Labute approximate surface area is 119 Å². The second-order valence-electron chi connectivity index (χ2n) is 4.13. The molecule has 0 aliphatic carbocycles. The largest absolute Gasteiger partial charge is 0.380 e. The maximum Gasteiger partial charge on any atom is 0.257 e. The van der Waals surface area contributed by atoms with Crippen LogP contribution in [0.5, 0.6) is 0 Å². The van der Waals surface area contributed by atoms with Crippen LogP contribution >= 0.6 is 0 Å². The molecule has 1 aromatic heterocycles. The quantitative estimate of drug-likeness (QED) is 0.743. The number of likely N-dealkylation sites (N-methyl/N-ethyl adjacent to an activating group) is 1. The van der Waals surface area contributed by atoms with Crippen LogP contribution in [0.2, 0.25) is 0 Å². The Morgan fingerprint density at radius 2 is 2.20 bits per heavy atom. The van der Waals surface area contributed by atoms with Gasteiger partial charge in [-0.05, 0) is 26.8 Å². The topological polar surface area (TPSA) is 54.5 Å². The van der Waals surface area contributed by atoms with E-state index in [-0.39, 0.29) is 17.3 Å². The lowest BCUT2D eigenvalue weighted by molar-refractivity contribution is 0.0665. The van der Waals surface area contributed by atoms with Crippen molar-refractivity contribution >= 4 is 11.7 Å². The number of anilines is 1. The summed E-state index contributed by atoms with van der Waals surface area (Å²) in [6, 6.07) is 1.40. The summed E-state index contributed by atoms with van der Waals surface area (Å²) in [6.07, 6.45) is 1.44. The average molecular weight is 283 g/mol. The fourth-order valence-electron chi connectivity index (χ4n) is 1.79. The Hall–Kier alpha value is -1.69. The van der Waals surface area contributed by atoms with Gasteiger partial charge in [0.25, 0.3) is 5.91 Å². The number of carbonyl (C=O) groups excluding carboxylic acids is 1. The molecule has 5 nitrogen and oxygen atoms in total. The van der Waals surface area contributed by atoms with Crippen molar-refractivity contribution < 1.29 is 13.9 Å². The number of nitrogens with zero attached hydrogens (tertiary/aromatic N) is 2. The van der Waals surface area contributed by atoms with Crippen molar-refractivity contribution in [2.75, 3.05) is 38.2 Å². The van der Waals surface area contributed by atoms with Gasteiger partial charge >= 0.3 is 0 Å². The molecule has 1 heterocycles. The Balaban J connectivity index is 2.86. The van der Waals surface area contributed by atoms with E-state index < -0.39 is 5.82 Å². The van der Waals surface area contributed by atoms with Crippen molar-refractivity contribution in [2.24, 2.45) is 0 Å². The zero-order valence-corrected chi connectivity index (χ0v) is 12.3. The first-order valence-corrected chi connectivity index (χ1v) is 6.91. The number of rotatable bonds is 8. The molecule has 0 bridgehead atoms. The molecule has 0 saturated carbocycles. The van der Waals surface area contributed by atoms with Crippen LogP contribution in [0.3, 0.4) is 0 Å². The van der Waals surface area contributed by atoms with Gasteiger partial charge in [0.1, 0.15) is 0 Å². The maximum atomic E-state index is 14.2. The summed E-state index contributed by atoms with van der Waals surface area (Å²) in [4.78, 5) is 17.8. The molecule has 0 radical (unpaired) electrons. The summed E-state index contributed by atoms with van der Waals surface area (Å²) in [5.74, 6) is -0.834. The van der Waals surface area contributed by atoms with Crippen molar-refractivity contribution in [3.05, 3.63) is 23.6 Å². The molecule has 0 atom stereocenters. The molecule has 6 heteroatoms. The Morgan fingerprint density at radius 1 is 1.45 bits per heavy atom. The molecule has 0 aromatic carbocycles. The van der Waals surface area contributed by atoms with Crippen LogP contribution in [0.4, 0.5) is 10.2 Å². The van der Waals surface area contributed by atoms with Gasteiger partial charge < -0.3 is 15.0 Å². The lowest BCUT2D eigenvalue weighted by Crippen LogP contribution is -2.34. The molecule has 0 unspecified atom stereocenters. The molecular weight excluding hydrogens is 261 g/mol. The highest BCUT2D eigenvalue weighted by Gasteiger charge is 2.20. The molecule has 112 valence electrons. The van der Waals surface area contributed by atoms with Crippen LogP contribution < -0.4 is 5.32 Å². The third kappa shape index (κ3) is 4.16. The first-order chi connectivity index (χ1) is 9.65. The first kappa shape index (κ1) is 16.4. The molecule has 0 fully saturated rings. The minimum atomic E-state index is -0.603. The fraction of sp³-hybridized carbons (Fsp3) is 0.571. The van der Waals surface area contributed by atoms with Gasteiger partial charge in [-0.25, -0.2) is 9.37 Å². The molecule has 1 amide bonds. The van der Waals surface area contributed by atoms with Gasteiger partial charge in [-0.15, -0.1) is 0 Å². The van der Waals surface area contributed by atoms with Gasteiger partial charge in [-0.3, -0.25) is 4.79 Å². The predicted molar refractivity (Wildman–Crippen MR) is 76.4 cm³/mol. The zero-order chi connectivity index (χ0) is 15.0. The SMILES string of the molecule is CCNc1nccc(C(=O)N(CC)CCOCC)c1F. The third-order valence-corrected chi connectivity index (χ3v) is 2.84. The van der Waals surface area contributed by atoms with Gasteiger partial charge in [0, 0.05) is 32.4 Å². The summed E-state index contributed by atoms with van der Waals surface area (Å²) in [5, 5.41) is 2.80. The number of halogens is 1. The Kier molecular flexibility index (Phi) is 6.93. The maximum absolute atomic E-state index is 14.2.